The normalized spacial score (nSPS) is 11.4. The lowest BCUT2D eigenvalue weighted by molar-refractivity contribution is 0.102. The quantitative estimate of drug-likeness (QED) is 0.671. The van der Waals surface area contributed by atoms with Gasteiger partial charge in [-0.2, -0.15) is 8.42 Å². The van der Waals surface area contributed by atoms with Gasteiger partial charge in [-0.05, 0) is 30.3 Å². The Labute approximate surface area is 147 Å². The summed E-state index contributed by atoms with van der Waals surface area (Å²) in [5, 5.41) is 13.3. The fraction of sp³-hybridized carbons (Fsp3) is 0. The van der Waals surface area contributed by atoms with E-state index in [1.165, 1.54) is 36.4 Å². The molecule has 0 bridgehead atoms. The minimum atomic E-state index is -5.09. The van der Waals surface area contributed by atoms with Crippen LogP contribution in [0.4, 0.5) is 9.57 Å². The Bertz CT molecular complexity index is 1080. The number of fused-ring (bicyclic) bond motifs is 1. The van der Waals surface area contributed by atoms with E-state index in [0.717, 1.165) is 6.07 Å². The van der Waals surface area contributed by atoms with Gasteiger partial charge in [-0.3, -0.25) is 4.79 Å². The van der Waals surface area contributed by atoms with Crippen molar-refractivity contribution in [2.24, 2.45) is 0 Å². The van der Waals surface area contributed by atoms with Crippen molar-refractivity contribution >= 4 is 44.2 Å². The van der Waals surface area contributed by atoms with Crippen LogP contribution in [0, 0.1) is 0 Å². The molecule has 0 radical (unpaired) electrons. The van der Waals surface area contributed by atoms with Crippen molar-refractivity contribution in [2.75, 3.05) is 5.32 Å². The number of hydrogen-bond acceptors (Lipinski definition) is 4. The van der Waals surface area contributed by atoms with Crippen molar-refractivity contribution in [1.82, 2.24) is 0 Å². The minimum absolute atomic E-state index is 0.00876. The maximum atomic E-state index is 13.6. The summed E-state index contributed by atoms with van der Waals surface area (Å²) in [5.41, 5.74) is 0.0245. The fourth-order valence-electron chi connectivity index (χ4n) is 2.43. The smallest absolute Gasteiger partial charge is 0.332 e. The number of hydrogen-bond donors (Lipinski definition) is 2. The Hall–Kier alpha value is -2.64. The molecule has 128 valence electrons. The van der Waals surface area contributed by atoms with Crippen LogP contribution in [0.15, 0.2) is 59.5 Å². The summed E-state index contributed by atoms with van der Waals surface area (Å²) in [4.78, 5) is 11.7. The van der Waals surface area contributed by atoms with Gasteiger partial charge in [0.05, 0.1) is 5.56 Å². The number of carbonyl (C=O) groups is 1. The molecule has 0 aromatic heterocycles. The molecule has 0 aliphatic carbocycles. The topological polar surface area (TPSA) is 83.5 Å². The number of phenols is 1. The lowest BCUT2D eigenvalue weighted by Gasteiger charge is -2.11. The summed E-state index contributed by atoms with van der Waals surface area (Å²) < 4.78 is 36.5. The van der Waals surface area contributed by atoms with Crippen LogP contribution in [0.3, 0.4) is 0 Å². The summed E-state index contributed by atoms with van der Waals surface area (Å²) in [5.74, 6) is -1.22. The average molecular weight is 380 g/mol. The van der Waals surface area contributed by atoms with Crippen LogP contribution in [-0.2, 0) is 10.2 Å². The molecule has 3 aromatic carbocycles. The van der Waals surface area contributed by atoms with Crippen LogP contribution < -0.4 is 5.32 Å². The van der Waals surface area contributed by atoms with Crippen molar-refractivity contribution in [3.8, 4) is 5.75 Å². The number of carbonyl (C=O) groups excluding carboxylic acids is 1. The van der Waals surface area contributed by atoms with Crippen molar-refractivity contribution < 1.29 is 22.2 Å². The molecule has 0 atom stereocenters. The number of halogens is 2. The zero-order chi connectivity index (χ0) is 18.2. The van der Waals surface area contributed by atoms with Crippen molar-refractivity contribution in [3.63, 3.8) is 0 Å². The predicted molar refractivity (Wildman–Crippen MR) is 93.3 cm³/mol. The maximum Gasteiger partial charge on any atom is 0.332 e. The van der Waals surface area contributed by atoms with E-state index in [4.69, 9.17) is 11.6 Å². The molecule has 0 unspecified atom stereocenters. The molecule has 5 nitrogen and oxygen atoms in total. The van der Waals surface area contributed by atoms with Gasteiger partial charge in [0.1, 0.15) is 10.6 Å². The first-order chi connectivity index (χ1) is 11.8. The van der Waals surface area contributed by atoms with Gasteiger partial charge in [0, 0.05) is 21.5 Å². The number of nitrogens with one attached hydrogen (secondary N) is 1. The monoisotopic (exact) mass is 379 g/mol. The first kappa shape index (κ1) is 17.2. The van der Waals surface area contributed by atoms with Crippen LogP contribution >= 0.6 is 11.6 Å². The molecule has 8 heteroatoms. The summed E-state index contributed by atoms with van der Waals surface area (Å²) in [6, 6.07) is 12.8. The molecule has 3 aromatic rings. The number of anilines is 1. The van der Waals surface area contributed by atoms with Gasteiger partial charge in [-0.15, -0.1) is 3.89 Å². The van der Waals surface area contributed by atoms with E-state index >= 15 is 0 Å². The standard InChI is InChI=1S/C17H11ClFNO4S/c18-10-5-7-11(8-6-10)20-17(22)14-9-15(25(19,23)24)12-3-1-2-4-13(12)16(14)21/h1-9,21H,(H,20,22). The van der Waals surface area contributed by atoms with Gasteiger partial charge in [0.15, 0.2) is 0 Å². The second-order valence-corrected chi connectivity index (χ2v) is 6.97. The fourth-order valence-corrected chi connectivity index (χ4v) is 3.26. The third-order valence-corrected chi connectivity index (χ3v) is 4.70. The second kappa shape index (κ2) is 6.34. The molecule has 1 amide bonds. The van der Waals surface area contributed by atoms with Gasteiger partial charge in [0.2, 0.25) is 0 Å². The first-order valence-corrected chi connectivity index (χ1v) is 8.80. The lowest BCUT2D eigenvalue weighted by atomic mass is 10.0. The van der Waals surface area contributed by atoms with Gasteiger partial charge < -0.3 is 10.4 Å². The van der Waals surface area contributed by atoms with Gasteiger partial charge in [0.25, 0.3) is 5.91 Å². The molecular formula is C17H11ClFNO4S. The molecule has 0 saturated heterocycles. The van der Waals surface area contributed by atoms with E-state index < -0.39 is 26.8 Å². The zero-order valence-corrected chi connectivity index (χ0v) is 14.1. The third kappa shape index (κ3) is 3.42. The number of aromatic hydroxyl groups is 1. The van der Waals surface area contributed by atoms with Crippen LogP contribution in [0.5, 0.6) is 5.75 Å². The predicted octanol–water partition coefficient (Wildman–Crippen LogP) is 4.11. The molecule has 2 N–H and O–H groups in total. The number of benzene rings is 3. The molecule has 0 fully saturated rings. The van der Waals surface area contributed by atoms with Gasteiger partial charge >= 0.3 is 10.2 Å². The highest BCUT2D eigenvalue weighted by atomic mass is 35.5. The lowest BCUT2D eigenvalue weighted by Crippen LogP contribution is -2.13. The largest absolute Gasteiger partial charge is 0.506 e. The van der Waals surface area contributed by atoms with E-state index in [9.17, 15) is 22.2 Å². The molecule has 3 rings (SSSR count). The van der Waals surface area contributed by atoms with E-state index in [-0.39, 0.29) is 16.3 Å². The molecule has 0 spiro atoms. The maximum absolute atomic E-state index is 13.6. The Morgan fingerprint density at radius 3 is 2.24 bits per heavy atom. The number of phenolic OH excluding ortho intramolecular Hbond substituents is 1. The highest BCUT2D eigenvalue weighted by Crippen LogP contribution is 2.35. The number of rotatable bonds is 3. The first-order valence-electron chi connectivity index (χ1n) is 7.03. The summed E-state index contributed by atoms with van der Waals surface area (Å²) in [6.45, 7) is 0. The average Bonchev–Trinajstić information content (AvgIpc) is 2.56. The third-order valence-electron chi connectivity index (χ3n) is 3.59. The van der Waals surface area contributed by atoms with Gasteiger partial charge in [-0.25, -0.2) is 0 Å². The highest BCUT2D eigenvalue weighted by molar-refractivity contribution is 7.86. The second-order valence-electron chi connectivity index (χ2n) is 5.22. The molecule has 25 heavy (non-hydrogen) atoms. The van der Waals surface area contributed by atoms with E-state index in [1.54, 1.807) is 12.1 Å². The molecule has 0 heterocycles. The van der Waals surface area contributed by atoms with E-state index in [0.29, 0.717) is 10.7 Å². The highest BCUT2D eigenvalue weighted by Gasteiger charge is 2.23. The van der Waals surface area contributed by atoms with Crippen LogP contribution in [0.25, 0.3) is 10.8 Å². The zero-order valence-electron chi connectivity index (χ0n) is 12.5. The Morgan fingerprint density at radius 1 is 1.04 bits per heavy atom. The van der Waals surface area contributed by atoms with Crippen molar-refractivity contribution in [2.45, 2.75) is 4.90 Å². The molecule has 0 saturated carbocycles. The van der Waals surface area contributed by atoms with E-state index in [1.807, 2.05) is 0 Å². The van der Waals surface area contributed by atoms with Crippen LogP contribution in [0.1, 0.15) is 10.4 Å². The molecule has 0 aliphatic heterocycles. The molecular weight excluding hydrogens is 369 g/mol. The summed E-state index contributed by atoms with van der Waals surface area (Å²) in [6.07, 6.45) is 0. The van der Waals surface area contributed by atoms with Crippen LogP contribution in [-0.4, -0.2) is 19.4 Å². The summed E-state index contributed by atoms with van der Waals surface area (Å²) in [7, 11) is -5.09. The Kier molecular flexibility index (Phi) is 4.36. The minimum Gasteiger partial charge on any atom is -0.506 e. The van der Waals surface area contributed by atoms with Crippen molar-refractivity contribution in [3.05, 3.63) is 65.2 Å². The van der Waals surface area contributed by atoms with E-state index in [2.05, 4.69) is 5.32 Å². The Balaban J connectivity index is 2.14. The van der Waals surface area contributed by atoms with Gasteiger partial charge in [-0.1, -0.05) is 35.9 Å². The van der Waals surface area contributed by atoms with Crippen molar-refractivity contribution in [1.29, 1.82) is 0 Å². The Morgan fingerprint density at radius 2 is 1.64 bits per heavy atom. The molecule has 0 aliphatic rings. The van der Waals surface area contributed by atoms with Crippen LogP contribution in [0.2, 0.25) is 5.02 Å². The summed E-state index contributed by atoms with van der Waals surface area (Å²) >= 11 is 5.77. The number of amides is 1. The SMILES string of the molecule is O=C(Nc1ccc(Cl)cc1)c1cc(S(=O)(=O)F)c2ccccc2c1O.